The molecule has 1 rings (SSSR count). The summed E-state index contributed by atoms with van der Waals surface area (Å²) in [5.41, 5.74) is 5.70. The number of aliphatic hydroxyl groups excluding tert-OH is 1. The molecule has 0 heterocycles. The van der Waals surface area contributed by atoms with Crippen LogP contribution in [0.2, 0.25) is 0 Å². The maximum absolute atomic E-state index is 11.1. The number of rotatable bonds is 2. The van der Waals surface area contributed by atoms with E-state index in [9.17, 15) is 4.79 Å². The molecule has 3 unspecified atom stereocenters. The van der Waals surface area contributed by atoms with Crippen molar-refractivity contribution in [2.75, 3.05) is 13.7 Å². The first-order valence-corrected chi connectivity index (χ1v) is 4.15. The van der Waals surface area contributed by atoms with E-state index in [4.69, 9.17) is 10.8 Å². The number of methoxy groups -OCH3 is 1. The summed E-state index contributed by atoms with van der Waals surface area (Å²) in [7, 11) is 1.36. The SMILES string of the molecule is COC(=O)C1CCC(N)C1CO. The van der Waals surface area contributed by atoms with Crippen LogP contribution in [0.15, 0.2) is 0 Å². The zero-order chi connectivity index (χ0) is 9.14. The molecule has 0 aromatic heterocycles. The minimum Gasteiger partial charge on any atom is -0.469 e. The van der Waals surface area contributed by atoms with Crippen LogP contribution >= 0.6 is 0 Å². The number of esters is 1. The fourth-order valence-corrected chi connectivity index (χ4v) is 1.81. The summed E-state index contributed by atoms with van der Waals surface area (Å²) in [6, 6.07) is -0.0564. The molecule has 0 aromatic carbocycles. The Balaban J connectivity index is 2.60. The van der Waals surface area contributed by atoms with Gasteiger partial charge in [0.15, 0.2) is 0 Å². The van der Waals surface area contributed by atoms with E-state index in [1.807, 2.05) is 0 Å². The molecule has 1 aliphatic rings. The van der Waals surface area contributed by atoms with Gasteiger partial charge < -0.3 is 15.6 Å². The predicted octanol–water partition coefficient (Wildman–Crippen LogP) is -0.495. The van der Waals surface area contributed by atoms with Crippen molar-refractivity contribution < 1.29 is 14.6 Å². The Morgan fingerprint density at radius 2 is 2.33 bits per heavy atom. The summed E-state index contributed by atoms with van der Waals surface area (Å²) in [6.45, 7) is -0.0269. The van der Waals surface area contributed by atoms with E-state index >= 15 is 0 Å². The zero-order valence-corrected chi connectivity index (χ0v) is 7.19. The molecule has 3 N–H and O–H groups in total. The highest BCUT2D eigenvalue weighted by atomic mass is 16.5. The molecule has 70 valence electrons. The van der Waals surface area contributed by atoms with Crippen molar-refractivity contribution >= 4 is 5.97 Å². The van der Waals surface area contributed by atoms with Gasteiger partial charge in [0.2, 0.25) is 0 Å². The van der Waals surface area contributed by atoms with Crippen molar-refractivity contribution in [2.24, 2.45) is 17.6 Å². The van der Waals surface area contributed by atoms with Gasteiger partial charge in [-0.2, -0.15) is 0 Å². The minimum absolute atomic E-state index is 0.0269. The van der Waals surface area contributed by atoms with Crippen LogP contribution in [0, 0.1) is 11.8 Å². The molecule has 0 aromatic rings. The van der Waals surface area contributed by atoms with Crippen LogP contribution in [-0.2, 0) is 9.53 Å². The molecule has 4 heteroatoms. The molecule has 1 aliphatic carbocycles. The van der Waals surface area contributed by atoms with Crippen molar-refractivity contribution in [3.05, 3.63) is 0 Å². The second-order valence-electron chi connectivity index (χ2n) is 3.22. The van der Waals surface area contributed by atoms with E-state index in [0.717, 1.165) is 12.8 Å². The highest BCUT2D eigenvalue weighted by Gasteiger charge is 2.38. The second-order valence-corrected chi connectivity index (χ2v) is 3.22. The number of ether oxygens (including phenoxy) is 1. The van der Waals surface area contributed by atoms with Crippen molar-refractivity contribution in [3.8, 4) is 0 Å². The minimum atomic E-state index is -0.248. The lowest BCUT2D eigenvalue weighted by Crippen LogP contribution is -2.33. The topological polar surface area (TPSA) is 72.5 Å². The molecule has 1 saturated carbocycles. The van der Waals surface area contributed by atoms with E-state index in [1.54, 1.807) is 0 Å². The third kappa shape index (κ3) is 1.59. The Morgan fingerprint density at radius 1 is 1.67 bits per heavy atom. The molecule has 0 aliphatic heterocycles. The highest BCUT2D eigenvalue weighted by molar-refractivity contribution is 5.73. The van der Waals surface area contributed by atoms with Gasteiger partial charge in [-0.15, -0.1) is 0 Å². The Kier molecular flexibility index (Phi) is 3.05. The number of aliphatic hydroxyl groups is 1. The Bertz CT molecular complexity index is 172. The number of hydrogen-bond donors (Lipinski definition) is 2. The van der Waals surface area contributed by atoms with Crippen molar-refractivity contribution in [2.45, 2.75) is 18.9 Å². The Labute approximate surface area is 71.7 Å². The van der Waals surface area contributed by atoms with Gasteiger partial charge in [0, 0.05) is 18.6 Å². The Hall–Kier alpha value is -0.610. The number of carbonyl (C=O) groups excluding carboxylic acids is 1. The van der Waals surface area contributed by atoms with Gasteiger partial charge in [-0.3, -0.25) is 4.79 Å². The normalized spacial score (nSPS) is 35.1. The van der Waals surface area contributed by atoms with E-state index in [2.05, 4.69) is 4.74 Å². The average Bonchev–Trinajstić information content (AvgIpc) is 2.45. The molecule has 3 atom stereocenters. The quantitative estimate of drug-likeness (QED) is 0.552. The zero-order valence-electron chi connectivity index (χ0n) is 7.19. The van der Waals surface area contributed by atoms with Crippen LogP contribution in [0.3, 0.4) is 0 Å². The molecule has 1 fully saturated rings. The molecular weight excluding hydrogens is 158 g/mol. The molecule has 12 heavy (non-hydrogen) atoms. The van der Waals surface area contributed by atoms with Crippen molar-refractivity contribution in [3.63, 3.8) is 0 Å². The van der Waals surface area contributed by atoms with Crippen LogP contribution < -0.4 is 5.73 Å². The number of carbonyl (C=O) groups is 1. The van der Waals surface area contributed by atoms with E-state index in [1.165, 1.54) is 7.11 Å². The summed E-state index contributed by atoms with van der Waals surface area (Å²) in [5, 5.41) is 8.96. The third-order valence-corrected chi connectivity index (χ3v) is 2.59. The molecule has 0 amide bonds. The van der Waals surface area contributed by atoms with Gasteiger partial charge in [-0.1, -0.05) is 0 Å². The lowest BCUT2D eigenvalue weighted by molar-refractivity contribution is -0.147. The second kappa shape index (κ2) is 3.87. The van der Waals surface area contributed by atoms with Gasteiger partial charge in [0.1, 0.15) is 0 Å². The summed E-state index contributed by atoms with van der Waals surface area (Å²) in [4.78, 5) is 11.1. The number of nitrogens with two attached hydrogens (primary N) is 1. The fraction of sp³-hybridized carbons (Fsp3) is 0.875. The van der Waals surface area contributed by atoms with Gasteiger partial charge >= 0.3 is 5.97 Å². The van der Waals surface area contributed by atoms with Gasteiger partial charge in [-0.25, -0.2) is 0 Å². The summed E-state index contributed by atoms with van der Waals surface area (Å²) in [6.07, 6.45) is 1.53. The number of hydrogen-bond acceptors (Lipinski definition) is 4. The van der Waals surface area contributed by atoms with Crippen LogP contribution in [0.5, 0.6) is 0 Å². The molecule has 0 saturated heterocycles. The van der Waals surface area contributed by atoms with Crippen molar-refractivity contribution in [1.82, 2.24) is 0 Å². The smallest absolute Gasteiger partial charge is 0.309 e. The Morgan fingerprint density at radius 3 is 2.83 bits per heavy atom. The fourth-order valence-electron chi connectivity index (χ4n) is 1.81. The van der Waals surface area contributed by atoms with Gasteiger partial charge in [0.05, 0.1) is 13.0 Å². The van der Waals surface area contributed by atoms with Gasteiger partial charge in [0.25, 0.3) is 0 Å². The summed E-state index contributed by atoms with van der Waals surface area (Å²) < 4.78 is 4.61. The lowest BCUT2D eigenvalue weighted by Gasteiger charge is -2.17. The standard InChI is InChI=1S/C8H15NO3/c1-12-8(11)5-2-3-7(9)6(5)4-10/h5-7,10H,2-4,9H2,1H3. The van der Waals surface area contributed by atoms with Crippen molar-refractivity contribution in [1.29, 1.82) is 0 Å². The van der Waals surface area contributed by atoms with E-state index < -0.39 is 0 Å². The molecule has 0 radical (unpaired) electrons. The largest absolute Gasteiger partial charge is 0.469 e. The van der Waals surface area contributed by atoms with Crippen LogP contribution in [0.25, 0.3) is 0 Å². The highest BCUT2D eigenvalue weighted by Crippen LogP contribution is 2.31. The first-order chi connectivity index (χ1) is 5.70. The first kappa shape index (κ1) is 9.48. The van der Waals surface area contributed by atoms with Crippen LogP contribution in [0.4, 0.5) is 0 Å². The monoisotopic (exact) mass is 173 g/mol. The van der Waals surface area contributed by atoms with E-state index in [-0.39, 0.29) is 30.5 Å². The maximum atomic E-state index is 11.1. The third-order valence-electron chi connectivity index (χ3n) is 2.59. The summed E-state index contributed by atoms with van der Waals surface area (Å²) >= 11 is 0. The maximum Gasteiger partial charge on any atom is 0.309 e. The van der Waals surface area contributed by atoms with Crippen LogP contribution in [0.1, 0.15) is 12.8 Å². The van der Waals surface area contributed by atoms with Gasteiger partial charge in [-0.05, 0) is 12.8 Å². The van der Waals surface area contributed by atoms with Crippen LogP contribution in [-0.4, -0.2) is 30.8 Å². The molecule has 4 nitrogen and oxygen atoms in total. The predicted molar refractivity (Wildman–Crippen MR) is 43.3 cm³/mol. The lowest BCUT2D eigenvalue weighted by atomic mass is 9.95. The molecule has 0 spiro atoms. The molecule has 0 bridgehead atoms. The average molecular weight is 173 g/mol. The molecular formula is C8H15NO3. The van der Waals surface area contributed by atoms with E-state index in [0.29, 0.717) is 0 Å². The first-order valence-electron chi connectivity index (χ1n) is 4.15. The summed E-state index contributed by atoms with van der Waals surface area (Å²) in [5.74, 6) is -0.561.